The highest BCUT2D eigenvalue weighted by Gasteiger charge is 2.00. The van der Waals surface area contributed by atoms with Crippen LogP contribution in [0.1, 0.15) is 11.1 Å². The molecule has 1 heterocycles. The Morgan fingerprint density at radius 3 is 2.67 bits per heavy atom. The molecule has 0 aliphatic carbocycles. The van der Waals surface area contributed by atoms with E-state index in [1.54, 1.807) is 12.3 Å². The number of nitrogens with one attached hydrogen (secondary N) is 2. The Morgan fingerprint density at radius 2 is 1.95 bits per heavy atom. The standard InChI is InChI=1S/C17H14N4/c18-11-14-2-1-3-16(10-14)19-12-13-4-6-15(7-5-13)17-8-9-20-21-17/h1-10,19H,12H2,(H,20,21). The van der Waals surface area contributed by atoms with Crippen LogP contribution in [0.2, 0.25) is 0 Å². The van der Waals surface area contributed by atoms with E-state index in [2.05, 4.69) is 45.8 Å². The number of rotatable bonds is 4. The van der Waals surface area contributed by atoms with Crippen molar-refractivity contribution in [3.8, 4) is 17.3 Å². The Balaban J connectivity index is 1.67. The molecule has 0 aliphatic rings. The Morgan fingerprint density at radius 1 is 1.10 bits per heavy atom. The average Bonchev–Trinajstić information content (AvgIpc) is 3.08. The molecular weight excluding hydrogens is 260 g/mol. The van der Waals surface area contributed by atoms with Crippen LogP contribution in [0, 0.1) is 11.3 Å². The van der Waals surface area contributed by atoms with Gasteiger partial charge in [0.2, 0.25) is 0 Å². The third kappa shape index (κ3) is 3.10. The highest BCUT2D eigenvalue weighted by Crippen LogP contribution is 2.17. The van der Waals surface area contributed by atoms with Gasteiger partial charge in [-0.1, -0.05) is 30.3 Å². The van der Waals surface area contributed by atoms with E-state index >= 15 is 0 Å². The lowest BCUT2D eigenvalue weighted by Gasteiger charge is -2.07. The van der Waals surface area contributed by atoms with Crippen LogP contribution in [0.3, 0.4) is 0 Å². The van der Waals surface area contributed by atoms with Gasteiger partial charge in [0.1, 0.15) is 0 Å². The van der Waals surface area contributed by atoms with Crippen molar-refractivity contribution in [1.29, 1.82) is 5.26 Å². The number of anilines is 1. The van der Waals surface area contributed by atoms with Crippen molar-refractivity contribution < 1.29 is 0 Å². The summed E-state index contributed by atoms with van der Waals surface area (Å²) in [6, 6.07) is 19.9. The molecule has 2 N–H and O–H groups in total. The fourth-order valence-corrected chi connectivity index (χ4v) is 2.12. The Hall–Kier alpha value is -3.06. The smallest absolute Gasteiger partial charge is 0.0992 e. The summed E-state index contributed by atoms with van der Waals surface area (Å²) in [6.07, 6.45) is 1.74. The molecule has 3 aromatic rings. The summed E-state index contributed by atoms with van der Waals surface area (Å²) in [4.78, 5) is 0. The maximum absolute atomic E-state index is 8.88. The van der Waals surface area contributed by atoms with Crippen LogP contribution in [-0.4, -0.2) is 10.2 Å². The van der Waals surface area contributed by atoms with Crippen molar-refractivity contribution >= 4 is 5.69 Å². The zero-order valence-corrected chi connectivity index (χ0v) is 11.4. The molecule has 102 valence electrons. The molecule has 1 aromatic heterocycles. The molecule has 0 atom stereocenters. The molecule has 21 heavy (non-hydrogen) atoms. The van der Waals surface area contributed by atoms with Crippen molar-refractivity contribution in [2.75, 3.05) is 5.32 Å². The number of hydrogen-bond donors (Lipinski definition) is 2. The van der Waals surface area contributed by atoms with Crippen LogP contribution in [0.5, 0.6) is 0 Å². The van der Waals surface area contributed by atoms with Crippen LogP contribution in [-0.2, 0) is 6.54 Å². The topological polar surface area (TPSA) is 64.5 Å². The molecule has 3 rings (SSSR count). The van der Waals surface area contributed by atoms with E-state index in [0.29, 0.717) is 5.56 Å². The third-order valence-electron chi connectivity index (χ3n) is 3.25. The van der Waals surface area contributed by atoms with E-state index in [-0.39, 0.29) is 0 Å². The summed E-state index contributed by atoms with van der Waals surface area (Å²) in [7, 11) is 0. The molecule has 0 radical (unpaired) electrons. The second kappa shape index (κ2) is 5.93. The van der Waals surface area contributed by atoms with Gasteiger partial charge in [-0.05, 0) is 35.4 Å². The maximum Gasteiger partial charge on any atom is 0.0992 e. The Labute approximate surface area is 123 Å². The van der Waals surface area contributed by atoms with Crippen LogP contribution < -0.4 is 5.32 Å². The lowest BCUT2D eigenvalue weighted by atomic mass is 10.1. The summed E-state index contributed by atoms with van der Waals surface area (Å²) >= 11 is 0. The number of nitrogens with zero attached hydrogens (tertiary/aromatic N) is 2. The van der Waals surface area contributed by atoms with E-state index in [1.165, 1.54) is 5.56 Å². The molecule has 0 saturated heterocycles. The van der Waals surface area contributed by atoms with Crippen LogP contribution in [0.15, 0.2) is 60.8 Å². The lowest BCUT2D eigenvalue weighted by molar-refractivity contribution is 1.09. The second-order valence-electron chi connectivity index (χ2n) is 4.71. The van der Waals surface area contributed by atoms with Crippen molar-refractivity contribution in [1.82, 2.24) is 10.2 Å². The van der Waals surface area contributed by atoms with Gasteiger partial charge >= 0.3 is 0 Å². The van der Waals surface area contributed by atoms with Gasteiger partial charge in [-0.25, -0.2) is 0 Å². The first-order valence-electron chi connectivity index (χ1n) is 6.68. The molecular formula is C17H14N4. The molecule has 0 bridgehead atoms. The summed E-state index contributed by atoms with van der Waals surface area (Å²) in [5, 5.41) is 19.1. The van der Waals surface area contributed by atoms with Crippen LogP contribution in [0.4, 0.5) is 5.69 Å². The van der Waals surface area contributed by atoms with Crippen molar-refractivity contribution in [2.24, 2.45) is 0 Å². The van der Waals surface area contributed by atoms with Crippen molar-refractivity contribution in [3.63, 3.8) is 0 Å². The quantitative estimate of drug-likeness (QED) is 0.764. The summed E-state index contributed by atoms with van der Waals surface area (Å²) in [6.45, 7) is 0.720. The van der Waals surface area contributed by atoms with E-state index in [4.69, 9.17) is 5.26 Å². The van der Waals surface area contributed by atoms with E-state index in [1.807, 2.05) is 24.3 Å². The molecule has 0 aliphatic heterocycles. The minimum absolute atomic E-state index is 0.662. The highest BCUT2D eigenvalue weighted by atomic mass is 15.1. The zero-order chi connectivity index (χ0) is 14.5. The predicted molar refractivity (Wildman–Crippen MR) is 82.5 cm³/mol. The van der Waals surface area contributed by atoms with Crippen molar-refractivity contribution in [3.05, 3.63) is 71.9 Å². The second-order valence-corrected chi connectivity index (χ2v) is 4.71. The van der Waals surface area contributed by atoms with E-state index < -0.39 is 0 Å². The first-order chi connectivity index (χ1) is 10.3. The first-order valence-corrected chi connectivity index (χ1v) is 6.68. The number of hydrogen-bond acceptors (Lipinski definition) is 3. The summed E-state index contributed by atoms with van der Waals surface area (Å²) < 4.78 is 0. The normalized spacial score (nSPS) is 10.0. The third-order valence-corrected chi connectivity index (χ3v) is 3.25. The molecule has 0 saturated carbocycles. The average molecular weight is 274 g/mol. The zero-order valence-electron chi connectivity index (χ0n) is 11.4. The number of aromatic nitrogens is 2. The van der Waals surface area contributed by atoms with Gasteiger partial charge in [-0.15, -0.1) is 0 Å². The summed E-state index contributed by atoms with van der Waals surface area (Å²) in [5.74, 6) is 0. The largest absolute Gasteiger partial charge is 0.381 e. The minimum atomic E-state index is 0.662. The number of H-pyrrole nitrogens is 1. The molecule has 0 fully saturated rings. The maximum atomic E-state index is 8.88. The number of benzene rings is 2. The van der Waals surface area contributed by atoms with Gasteiger partial charge < -0.3 is 5.32 Å². The monoisotopic (exact) mass is 274 g/mol. The lowest BCUT2D eigenvalue weighted by Crippen LogP contribution is -1.99. The Bertz CT molecular complexity index is 752. The SMILES string of the molecule is N#Cc1cccc(NCc2ccc(-c3ccn[nH]3)cc2)c1. The first kappa shape index (κ1) is 12.9. The molecule has 2 aromatic carbocycles. The Kier molecular flexibility index (Phi) is 3.66. The van der Waals surface area contributed by atoms with Gasteiger partial charge in [0.25, 0.3) is 0 Å². The van der Waals surface area contributed by atoms with Crippen molar-refractivity contribution in [2.45, 2.75) is 6.54 Å². The predicted octanol–water partition coefficient (Wildman–Crippen LogP) is 3.56. The minimum Gasteiger partial charge on any atom is -0.381 e. The molecule has 0 amide bonds. The molecule has 4 heteroatoms. The van der Waals surface area contributed by atoms with Crippen LogP contribution in [0.25, 0.3) is 11.3 Å². The van der Waals surface area contributed by atoms with Gasteiger partial charge in [-0.3, -0.25) is 5.10 Å². The summed E-state index contributed by atoms with van der Waals surface area (Å²) in [5.41, 5.74) is 4.92. The number of aromatic amines is 1. The van der Waals surface area contributed by atoms with Gasteiger partial charge in [-0.2, -0.15) is 10.4 Å². The van der Waals surface area contributed by atoms with Gasteiger partial charge in [0.15, 0.2) is 0 Å². The fourth-order valence-electron chi connectivity index (χ4n) is 2.12. The number of nitriles is 1. The van der Waals surface area contributed by atoms with Crippen LogP contribution >= 0.6 is 0 Å². The van der Waals surface area contributed by atoms with E-state index in [0.717, 1.165) is 23.5 Å². The molecule has 0 spiro atoms. The van der Waals surface area contributed by atoms with E-state index in [9.17, 15) is 0 Å². The fraction of sp³-hybridized carbons (Fsp3) is 0.0588. The van der Waals surface area contributed by atoms with Gasteiger partial charge in [0.05, 0.1) is 17.3 Å². The molecule has 4 nitrogen and oxygen atoms in total. The molecule has 0 unspecified atom stereocenters. The van der Waals surface area contributed by atoms with Gasteiger partial charge in [0, 0.05) is 18.4 Å². The highest BCUT2D eigenvalue weighted by molar-refractivity contribution is 5.59.